The van der Waals surface area contributed by atoms with E-state index in [1.54, 1.807) is 42.5 Å². The van der Waals surface area contributed by atoms with Crippen LogP contribution in [0.4, 0.5) is 17.6 Å². The van der Waals surface area contributed by atoms with Gasteiger partial charge in [-0.3, -0.25) is 0 Å². The van der Waals surface area contributed by atoms with Gasteiger partial charge in [-0.05, 0) is 80.3 Å². The Hall–Kier alpha value is -3.32. The molecule has 0 saturated heterocycles. The molecule has 7 heteroatoms. The summed E-state index contributed by atoms with van der Waals surface area (Å²) >= 11 is 0. The fourth-order valence-corrected chi connectivity index (χ4v) is 4.80. The summed E-state index contributed by atoms with van der Waals surface area (Å²) in [6.45, 7) is 6.11. The Morgan fingerprint density at radius 1 is 0.816 bits per heavy atom. The van der Waals surface area contributed by atoms with Gasteiger partial charge in [0.15, 0.2) is 23.2 Å². The Morgan fingerprint density at radius 2 is 1.55 bits per heavy atom. The van der Waals surface area contributed by atoms with Gasteiger partial charge in [0, 0.05) is 11.1 Å². The van der Waals surface area contributed by atoms with Crippen LogP contribution in [0.15, 0.2) is 61.2 Å². The predicted octanol–water partition coefficient (Wildman–Crippen LogP) is 8.51. The van der Waals surface area contributed by atoms with E-state index in [0.29, 0.717) is 55.6 Å². The molecule has 1 aliphatic carbocycles. The first kappa shape index (κ1) is 27.7. The van der Waals surface area contributed by atoms with Crippen molar-refractivity contribution >= 4 is 0 Å². The van der Waals surface area contributed by atoms with E-state index in [2.05, 4.69) is 6.58 Å². The molecule has 0 amide bonds. The molecule has 202 valence electrons. The minimum atomic E-state index is -1.04. The highest BCUT2D eigenvalue weighted by atomic mass is 19.2. The van der Waals surface area contributed by atoms with Crippen molar-refractivity contribution in [2.24, 2.45) is 0 Å². The number of halogens is 4. The Labute approximate surface area is 221 Å². The van der Waals surface area contributed by atoms with Crippen LogP contribution in [0, 0.1) is 23.3 Å². The van der Waals surface area contributed by atoms with Crippen molar-refractivity contribution in [3.05, 3.63) is 95.6 Å². The second-order valence-corrected chi connectivity index (χ2v) is 9.35. The predicted molar refractivity (Wildman–Crippen MR) is 139 cm³/mol. The third-order valence-corrected chi connectivity index (χ3v) is 6.88. The van der Waals surface area contributed by atoms with Gasteiger partial charge in [0.2, 0.25) is 5.82 Å². The summed E-state index contributed by atoms with van der Waals surface area (Å²) in [5.74, 6) is -3.32. The van der Waals surface area contributed by atoms with Crippen LogP contribution in [0.2, 0.25) is 0 Å². The average molecular weight is 529 g/mol. The summed E-state index contributed by atoms with van der Waals surface area (Å²) in [6, 6.07) is 13.0. The summed E-state index contributed by atoms with van der Waals surface area (Å²) in [4.78, 5) is 0. The lowest BCUT2D eigenvalue weighted by Crippen LogP contribution is -2.21. The van der Waals surface area contributed by atoms with Crippen LogP contribution < -0.4 is 9.47 Å². The zero-order chi connectivity index (χ0) is 27.1. The van der Waals surface area contributed by atoms with E-state index < -0.39 is 23.3 Å². The van der Waals surface area contributed by atoms with E-state index in [1.807, 2.05) is 6.92 Å². The second kappa shape index (κ2) is 13.0. The van der Waals surface area contributed by atoms with E-state index in [9.17, 15) is 8.78 Å². The Morgan fingerprint density at radius 3 is 2.24 bits per heavy atom. The fourth-order valence-electron chi connectivity index (χ4n) is 4.80. The highest BCUT2D eigenvalue weighted by molar-refractivity contribution is 5.65. The van der Waals surface area contributed by atoms with E-state index in [-0.39, 0.29) is 42.1 Å². The normalized spacial score (nSPS) is 17.3. The number of ether oxygens (including phenoxy) is 3. The quantitative estimate of drug-likeness (QED) is 0.142. The Bertz CT molecular complexity index is 1230. The average Bonchev–Trinajstić information content (AvgIpc) is 2.93. The molecule has 0 radical (unpaired) electrons. The topological polar surface area (TPSA) is 27.7 Å². The smallest absolute Gasteiger partial charge is 0.200 e. The molecule has 38 heavy (non-hydrogen) atoms. The molecule has 3 aromatic carbocycles. The minimum absolute atomic E-state index is 0.0786. The van der Waals surface area contributed by atoms with Gasteiger partial charge in [-0.15, -0.1) is 6.58 Å². The zero-order valence-corrected chi connectivity index (χ0v) is 21.5. The zero-order valence-electron chi connectivity index (χ0n) is 21.5. The SMILES string of the molecule is C=CCCOc1ccc(COC2CCC(c3ccc(-c4ccc(OCC)cc4)c(F)c3F)CC2)c(F)c1F. The highest BCUT2D eigenvalue weighted by Gasteiger charge is 2.27. The first-order valence-corrected chi connectivity index (χ1v) is 13.0. The number of hydrogen-bond acceptors (Lipinski definition) is 3. The van der Waals surface area contributed by atoms with Gasteiger partial charge in [0.05, 0.1) is 25.9 Å². The lowest BCUT2D eigenvalue weighted by atomic mass is 9.82. The molecule has 3 nitrogen and oxygen atoms in total. The molecule has 0 spiro atoms. The van der Waals surface area contributed by atoms with Crippen LogP contribution in [0.1, 0.15) is 56.1 Å². The Kier molecular flexibility index (Phi) is 9.45. The second-order valence-electron chi connectivity index (χ2n) is 9.35. The highest BCUT2D eigenvalue weighted by Crippen LogP contribution is 2.38. The summed E-state index contributed by atoms with van der Waals surface area (Å²) in [6.07, 6.45) is 4.42. The third-order valence-electron chi connectivity index (χ3n) is 6.88. The molecule has 0 aliphatic heterocycles. The molecule has 0 unspecified atom stereocenters. The van der Waals surface area contributed by atoms with Crippen molar-refractivity contribution < 1.29 is 31.8 Å². The van der Waals surface area contributed by atoms with Crippen LogP contribution >= 0.6 is 0 Å². The van der Waals surface area contributed by atoms with Crippen LogP contribution in [-0.2, 0) is 11.3 Å². The lowest BCUT2D eigenvalue weighted by Gasteiger charge is -2.29. The molecule has 0 heterocycles. The van der Waals surface area contributed by atoms with E-state index >= 15 is 8.78 Å². The molecule has 0 N–H and O–H groups in total. The van der Waals surface area contributed by atoms with E-state index in [4.69, 9.17) is 14.2 Å². The number of benzene rings is 3. The number of rotatable bonds is 11. The van der Waals surface area contributed by atoms with Gasteiger partial charge in [-0.1, -0.05) is 30.3 Å². The monoisotopic (exact) mass is 528 g/mol. The first-order valence-electron chi connectivity index (χ1n) is 13.0. The van der Waals surface area contributed by atoms with Crippen LogP contribution in [0.5, 0.6) is 11.5 Å². The van der Waals surface area contributed by atoms with Gasteiger partial charge < -0.3 is 14.2 Å². The molecule has 1 saturated carbocycles. The van der Waals surface area contributed by atoms with Crippen molar-refractivity contribution in [2.75, 3.05) is 13.2 Å². The summed E-state index contributed by atoms with van der Waals surface area (Å²) in [7, 11) is 0. The maximum absolute atomic E-state index is 15.1. The van der Waals surface area contributed by atoms with Crippen LogP contribution in [0.3, 0.4) is 0 Å². The summed E-state index contributed by atoms with van der Waals surface area (Å²) < 4.78 is 75.4. The fraction of sp³-hybridized carbons (Fsp3) is 0.355. The molecule has 0 atom stereocenters. The largest absolute Gasteiger partial charge is 0.494 e. The first-order chi connectivity index (χ1) is 18.4. The molecule has 1 fully saturated rings. The van der Waals surface area contributed by atoms with Crippen molar-refractivity contribution in [1.82, 2.24) is 0 Å². The van der Waals surface area contributed by atoms with Gasteiger partial charge in [0.25, 0.3) is 0 Å². The van der Waals surface area contributed by atoms with Crippen LogP contribution in [0.25, 0.3) is 11.1 Å². The minimum Gasteiger partial charge on any atom is -0.494 e. The van der Waals surface area contributed by atoms with Crippen molar-refractivity contribution in [3.8, 4) is 22.6 Å². The van der Waals surface area contributed by atoms with E-state index in [1.165, 1.54) is 12.1 Å². The van der Waals surface area contributed by atoms with Crippen LogP contribution in [-0.4, -0.2) is 19.3 Å². The van der Waals surface area contributed by atoms with Crippen molar-refractivity contribution in [1.29, 1.82) is 0 Å². The summed E-state index contributed by atoms with van der Waals surface area (Å²) in [5, 5.41) is 0. The molecule has 0 bridgehead atoms. The molecule has 0 aromatic heterocycles. The third kappa shape index (κ3) is 6.38. The van der Waals surface area contributed by atoms with Gasteiger partial charge in [-0.25, -0.2) is 13.2 Å². The Balaban J connectivity index is 1.34. The van der Waals surface area contributed by atoms with Crippen molar-refractivity contribution in [2.45, 2.75) is 57.7 Å². The van der Waals surface area contributed by atoms with Gasteiger partial charge in [-0.2, -0.15) is 4.39 Å². The van der Waals surface area contributed by atoms with Crippen molar-refractivity contribution in [3.63, 3.8) is 0 Å². The molecule has 4 rings (SSSR count). The standard InChI is InChI=1S/C31H32F4O3/c1-3-5-18-37-27-17-10-22(28(32)31(27)35)19-38-24-13-8-21(9-14-24)26-16-15-25(29(33)30(26)34)20-6-11-23(12-7-20)36-4-2/h3,6-7,10-12,15-17,21,24H,1,4-5,8-9,13-14,18-19H2,2H3. The maximum atomic E-state index is 15.1. The molecule has 1 aliphatic rings. The van der Waals surface area contributed by atoms with E-state index in [0.717, 1.165) is 0 Å². The molecular formula is C31H32F4O3. The van der Waals surface area contributed by atoms with Gasteiger partial charge >= 0.3 is 0 Å². The lowest BCUT2D eigenvalue weighted by molar-refractivity contribution is 0.0116. The number of hydrogen-bond donors (Lipinski definition) is 0. The maximum Gasteiger partial charge on any atom is 0.200 e. The molecular weight excluding hydrogens is 496 g/mol. The molecule has 3 aromatic rings. The van der Waals surface area contributed by atoms with Gasteiger partial charge in [0.1, 0.15) is 5.75 Å². The summed E-state index contributed by atoms with van der Waals surface area (Å²) in [5.41, 5.74) is 1.25.